The zero-order valence-electron chi connectivity index (χ0n) is 9.09. The standard InChI is InChI=1S/C9H9F5O4/c1-2-18-8(17)4(6(16)7(10)11)3-5(15)9(12,13)14/h4,7H,2-3H2,1H3. The molecule has 0 aromatic rings. The Morgan fingerprint density at radius 2 is 1.67 bits per heavy atom. The number of alkyl halides is 5. The quantitative estimate of drug-likeness (QED) is 0.419. The van der Waals surface area contributed by atoms with Gasteiger partial charge in [0, 0.05) is 6.42 Å². The minimum absolute atomic E-state index is 0.313. The number of ketones is 2. The van der Waals surface area contributed by atoms with Gasteiger partial charge in [0.15, 0.2) is 0 Å². The van der Waals surface area contributed by atoms with Crippen LogP contribution >= 0.6 is 0 Å². The van der Waals surface area contributed by atoms with Gasteiger partial charge in [0.05, 0.1) is 6.61 Å². The molecule has 0 saturated heterocycles. The van der Waals surface area contributed by atoms with Gasteiger partial charge >= 0.3 is 12.1 Å². The summed E-state index contributed by atoms with van der Waals surface area (Å²) >= 11 is 0. The summed E-state index contributed by atoms with van der Waals surface area (Å²) in [5.74, 6) is -8.50. The molecular weight excluding hydrogens is 267 g/mol. The number of carbonyl (C=O) groups is 3. The number of Topliss-reactive ketones (excluding diaryl/α,β-unsaturated/α-hetero) is 2. The first-order valence-electron chi connectivity index (χ1n) is 4.69. The molecule has 0 amide bonds. The fraction of sp³-hybridized carbons (Fsp3) is 0.667. The van der Waals surface area contributed by atoms with Crippen molar-refractivity contribution in [1.29, 1.82) is 0 Å². The molecule has 1 atom stereocenters. The summed E-state index contributed by atoms with van der Waals surface area (Å²) in [5.41, 5.74) is 0. The Bertz CT molecular complexity index is 336. The van der Waals surface area contributed by atoms with E-state index in [0.29, 0.717) is 0 Å². The van der Waals surface area contributed by atoms with Crippen LogP contribution in [0.3, 0.4) is 0 Å². The smallest absolute Gasteiger partial charge is 0.450 e. The third-order valence-electron chi connectivity index (χ3n) is 1.84. The van der Waals surface area contributed by atoms with Gasteiger partial charge in [-0.15, -0.1) is 0 Å². The molecule has 0 bridgehead atoms. The van der Waals surface area contributed by atoms with E-state index in [1.165, 1.54) is 6.92 Å². The van der Waals surface area contributed by atoms with E-state index >= 15 is 0 Å². The molecule has 0 radical (unpaired) electrons. The normalized spacial score (nSPS) is 13.3. The molecule has 0 aliphatic carbocycles. The first kappa shape index (κ1) is 16.5. The summed E-state index contributed by atoms with van der Waals surface area (Å²) < 4.78 is 64.1. The molecule has 4 nitrogen and oxygen atoms in total. The number of halogens is 5. The molecule has 0 saturated carbocycles. The van der Waals surface area contributed by atoms with Crippen LogP contribution in [-0.2, 0) is 19.1 Å². The maximum Gasteiger partial charge on any atom is 0.450 e. The van der Waals surface area contributed by atoms with E-state index in [1.807, 2.05) is 0 Å². The van der Waals surface area contributed by atoms with E-state index in [9.17, 15) is 36.3 Å². The second-order valence-electron chi connectivity index (χ2n) is 3.13. The van der Waals surface area contributed by atoms with Crippen molar-refractivity contribution in [2.75, 3.05) is 6.61 Å². The topological polar surface area (TPSA) is 60.4 Å². The van der Waals surface area contributed by atoms with E-state index in [-0.39, 0.29) is 6.61 Å². The van der Waals surface area contributed by atoms with Gasteiger partial charge in [-0.3, -0.25) is 14.4 Å². The predicted octanol–water partition coefficient (Wildman–Crippen LogP) is 1.52. The lowest BCUT2D eigenvalue weighted by atomic mass is 9.97. The molecule has 0 aliphatic rings. The molecular formula is C9H9F5O4. The van der Waals surface area contributed by atoms with Crippen molar-refractivity contribution in [3.05, 3.63) is 0 Å². The number of rotatable bonds is 6. The number of hydrogen-bond donors (Lipinski definition) is 0. The summed E-state index contributed by atoms with van der Waals surface area (Å²) in [5, 5.41) is 0. The van der Waals surface area contributed by atoms with Gasteiger partial charge < -0.3 is 4.74 Å². The van der Waals surface area contributed by atoms with Gasteiger partial charge in [-0.05, 0) is 6.92 Å². The maximum absolute atomic E-state index is 12.1. The van der Waals surface area contributed by atoms with Crippen molar-refractivity contribution in [3.63, 3.8) is 0 Å². The van der Waals surface area contributed by atoms with Gasteiger partial charge in [-0.2, -0.15) is 13.2 Å². The Balaban J connectivity index is 4.95. The van der Waals surface area contributed by atoms with Crippen LogP contribution in [0.2, 0.25) is 0 Å². The van der Waals surface area contributed by atoms with E-state index in [1.54, 1.807) is 0 Å². The van der Waals surface area contributed by atoms with Crippen molar-refractivity contribution in [2.24, 2.45) is 5.92 Å². The lowest BCUT2D eigenvalue weighted by Crippen LogP contribution is -2.36. The van der Waals surface area contributed by atoms with Crippen LogP contribution < -0.4 is 0 Å². The average Bonchev–Trinajstić information content (AvgIpc) is 2.23. The molecule has 0 aromatic heterocycles. The monoisotopic (exact) mass is 276 g/mol. The molecule has 0 rings (SSSR count). The molecule has 104 valence electrons. The van der Waals surface area contributed by atoms with Crippen LogP contribution in [0.4, 0.5) is 22.0 Å². The van der Waals surface area contributed by atoms with Crippen LogP contribution in [0.15, 0.2) is 0 Å². The molecule has 0 fully saturated rings. The molecule has 18 heavy (non-hydrogen) atoms. The fourth-order valence-corrected chi connectivity index (χ4v) is 0.996. The highest BCUT2D eigenvalue weighted by Crippen LogP contribution is 2.23. The van der Waals surface area contributed by atoms with Crippen molar-refractivity contribution in [1.82, 2.24) is 0 Å². The van der Waals surface area contributed by atoms with Crippen molar-refractivity contribution in [2.45, 2.75) is 25.9 Å². The Hall–Kier alpha value is -1.54. The van der Waals surface area contributed by atoms with Crippen molar-refractivity contribution >= 4 is 17.5 Å². The number of hydrogen-bond acceptors (Lipinski definition) is 4. The molecule has 1 unspecified atom stereocenters. The lowest BCUT2D eigenvalue weighted by molar-refractivity contribution is -0.175. The maximum atomic E-state index is 12.1. The van der Waals surface area contributed by atoms with Gasteiger partial charge in [0.25, 0.3) is 6.43 Å². The van der Waals surface area contributed by atoms with Crippen LogP contribution in [-0.4, -0.2) is 36.7 Å². The van der Waals surface area contributed by atoms with Crippen molar-refractivity contribution < 1.29 is 41.1 Å². The lowest BCUT2D eigenvalue weighted by Gasteiger charge is -2.14. The Morgan fingerprint density at radius 3 is 2.00 bits per heavy atom. The highest BCUT2D eigenvalue weighted by atomic mass is 19.4. The molecule has 0 spiro atoms. The van der Waals surface area contributed by atoms with Crippen LogP contribution in [0.25, 0.3) is 0 Å². The van der Waals surface area contributed by atoms with Crippen LogP contribution in [0, 0.1) is 5.92 Å². The van der Waals surface area contributed by atoms with Gasteiger partial charge in [-0.1, -0.05) is 0 Å². The highest BCUT2D eigenvalue weighted by molar-refractivity contribution is 6.04. The third kappa shape index (κ3) is 4.76. The highest BCUT2D eigenvalue weighted by Gasteiger charge is 2.44. The molecule has 9 heteroatoms. The minimum Gasteiger partial charge on any atom is -0.465 e. The summed E-state index contributed by atoms with van der Waals surface area (Å²) in [4.78, 5) is 32.5. The Kier molecular flexibility index (Phi) is 5.86. The predicted molar refractivity (Wildman–Crippen MR) is 46.8 cm³/mol. The van der Waals surface area contributed by atoms with Crippen LogP contribution in [0.1, 0.15) is 13.3 Å². The molecule has 0 aromatic carbocycles. The van der Waals surface area contributed by atoms with Gasteiger partial charge in [-0.25, -0.2) is 8.78 Å². The third-order valence-corrected chi connectivity index (χ3v) is 1.84. The SMILES string of the molecule is CCOC(=O)C(CC(=O)C(F)(F)F)C(=O)C(F)F. The van der Waals surface area contributed by atoms with Crippen molar-refractivity contribution in [3.8, 4) is 0 Å². The fourth-order valence-electron chi connectivity index (χ4n) is 0.996. The van der Waals surface area contributed by atoms with E-state index in [0.717, 1.165) is 0 Å². The summed E-state index contributed by atoms with van der Waals surface area (Å²) in [6, 6.07) is 0. The Labute approximate surface area is 98.1 Å². The summed E-state index contributed by atoms with van der Waals surface area (Å²) in [6.07, 6.45) is -10.6. The minimum atomic E-state index is -5.30. The zero-order chi connectivity index (χ0) is 14.5. The van der Waals surface area contributed by atoms with Gasteiger partial charge in [0.1, 0.15) is 5.92 Å². The molecule has 0 heterocycles. The second-order valence-corrected chi connectivity index (χ2v) is 3.13. The summed E-state index contributed by atoms with van der Waals surface area (Å²) in [6.45, 7) is 0.958. The summed E-state index contributed by atoms with van der Waals surface area (Å²) in [7, 11) is 0. The first-order chi connectivity index (χ1) is 8.11. The largest absolute Gasteiger partial charge is 0.465 e. The number of ether oxygens (including phenoxy) is 1. The first-order valence-corrected chi connectivity index (χ1v) is 4.69. The number of carbonyl (C=O) groups excluding carboxylic acids is 3. The zero-order valence-corrected chi connectivity index (χ0v) is 9.09. The Morgan fingerprint density at radius 1 is 1.17 bits per heavy atom. The van der Waals surface area contributed by atoms with E-state index < -0.39 is 42.5 Å². The van der Waals surface area contributed by atoms with Gasteiger partial charge in [0.2, 0.25) is 11.6 Å². The van der Waals surface area contributed by atoms with Crippen LogP contribution in [0.5, 0.6) is 0 Å². The van der Waals surface area contributed by atoms with E-state index in [2.05, 4.69) is 4.74 Å². The van der Waals surface area contributed by atoms with E-state index in [4.69, 9.17) is 0 Å². The molecule has 0 N–H and O–H groups in total. The second kappa shape index (κ2) is 6.41. The molecule has 0 aliphatic heterocycles. The average molecular weight is 276 g/mol. The number of esters is 1.